The molecule has 5 nitrogen and oxygen atoms in total. The predicted octanol–water partition coefficient (Wildman–Crippen LogP) is 0.642. The molecule has 1 aromatic carbocycles. The number of benzene rings is 1. The van der Waals surface area contributed by atoms with Gasteiger partial charge in [-0.25, -0.2) is 0 Å². The highest BCUT2D eigenvalue weighted by molar-refractivity contribution is 9.10. The van der Waals surface area contributed by atoms with Crippen molar-refractivity contribution >= 4 is 27.5 Å². The quantitative estimate of drug-likeness (QED) is 0.849. The molecule has 2 heterocycles. The van der Waals surface area contributed by atoms with Crippen molar-refractivity contribution in [1.29, 1.82) is 0 Å². The average molecular weight is 339 g/mol. The molecule has 3 rings (SSSR count). The van der Waals surface area contributed by atoms with E-state index in [0.717, 1.165) is 55.5 Å². The van der Waals surface area contributed by atoms with Gasteiger partial charge in [0.25, 0.3) is 0 Å². The van der Waals surface area contributed by atoms with Gasteiger partial charge in [-0.1, -0.05) is 0 Å². The van der Waals surface area contributed by atoms with Gasteiger partial charge < -0.3 is 16.0 Å². The molecule has 108 valence electrons. The molecule has 6 heteroatoms. The first-order chi connectivity index (χ1) is 9.65. The first-order valence-electron chi connectivity index (χ1n) is 6.94. The third kappa shape index (κ3) is 2.68. The van der Waals surface area contributed by atoms with Crippen molar-refractivity contribution in [3.8, 4) is 0 Å². The van der Waals surface area contributed by atoms with Crippen molar-refractivity contribution < 1.29 is 4.79 Å². The zero-order valence-corrected chi connectivity index (χ0v) is 12.9. The molecule has 3 N–H and O–H groups in total. The number of carbonyl (C=O) groups is 1. The summed E-state index contributed by atoms with van der Waals surface area (Å²) in [6.07, 6.45) is 0. The van der Waals surface area contributed by atoms with E-state index in [4.69, 9.17) is 5.73 Å². The van der Waals surface area contributed by atoms with Gasteiger partial charge in [0, 0.05) is 55.3 Å². The van der Waals surface area contributed by atoms with Crippen molar-refractivity contribution in [2.75, 3.05) is 44.2 Å². The molecule has 1 aromatic rings. The van der Waals surface area contributed by atoms with Crippen molar-refractivity contribution in [3.05, 3.63) is 28.2 Å². The Morgan fingerprint density at radius 2 is 1.95 bits per heavy atom. The Morgan fingerprint density at radius 1 is 1.25 bits per heavy atom. The fraction of sp³-hybridized carbons (Fsp3) is 0.500. The lowest BCUT2D eigenvalue weighted by Crippen LogP contribution is -2.61. The van der Waals surface area contributed by atoms with Gasteiger partial charge in [0.2, 0.25) is 5.91 Å². The molecule has 2 aliphatic rings. The maximum absolute atomic E-state index is 11.2. The standard InChI is InChI=1S/C14H19BrN4O/c15-12-7-10(14(16)20)1-2-13(12)19-5-3-18(4-6-19)11-8-17-9-11/h1-2,7,11,17H,3-6,8-9H2,(H2,16,20). The summed E-state index contributed by atoms with van der Waals surface area (Å²) in [5.74, 6) is -0.389. The van der Waals surface area contributed by atoms with Crippen LogP contribution in [0.4, 0.5) is 5.69 Å². The number of anilines is 1. The zero-order chi connectivity index (χ0) is 14.1. The number of primary amides is 1. The number of hydrogen-bond donors (Lipinski definition) is 2. The van der Waals surface area contributed by atoms with E-state index < -0.39 is 0 Å². The summed E-state index contributed by atoms with van der Waals surface area (Å²) in [6.45, 7) is 6.47. The third-order valence-corrected chi connectivity index (χ3v) is 4.80. The fourth-order valence-electron chi connectivity index (χ4n) is 2.78. The molecule has 0 unspecified atom stereocenters. The molecule has 0 atom stereocenters. The molecule has 0 aromatic heterocycles. The van der Waals surface area contributed by atoms with E-state index in [1.165, 1.54) is 0 Å². The number of halogens is 1. The van der Waals surface area contributed by atoms with Gasteiger partial charge in [0.15, 0.2) is 0 Å². The van der Waals surface area contributed by atoms with Crippen LogP contribution < -0.4 is 16.0 Å². The van der Waals surface area contributed by atoms with E-state index in [9.17, 15) is 4.79 Å². The van der Waals surface area contributed by atoms with Crippen LogP contribution >= 0.6 is 15.9 Å². The van der Waals surface area contributed by atoms with Gasteiger partial charge >= 0.3 is 0 Å². The highest BCUT2D eigenvalue weighted by Crippen LogP contribution is 2.28. The number of piperazine rings is 1. The van der Waals surface area contributed by atoms with Crippen LogP contribution in [0.5, 0.6) is 0 Å². The van der Waals surface area contributed by atoms with Gasteiger partial charge in [-0.2, -0.15) is 0 Å². The molecule has 0 aliphatic carbocycles. The molecule has 20 heavy (non-hydrogen) atoms. The predicted molar refractivity (Wildman–Crippen MR) is 83.1 cm³/mol. The summed E-state index contributed by atoms with van der Waals surface area (Å²) >= 11 is 3.55. The van der Waals surface area contributed by atoms with E-state index >= 15 is 0 Å². The Bertz CT molecular complexity index is 510. The molecule has 1 amide bonds. The summed E-state index contributed by atoms with van der Waals surface area (Å²) in [7, 11) is 0. The zero-order valence-electron chi connectivity index (χ0n) is 11.3. The van der Waals surface area contributed by atoms with Gasteiger partial charge in [0.05, 0.1) is 5.69 Å². The molecule has 2 aliphatic heterocycles. The summed E-state index contributed by atoms with van der Waals surface area (Å²) in [6, 6.07) is 6.30. The molecule has 0 bridgehead atoms. The van der Waals surface area contributed by atoms with Crippen LogP contribution in [-0.2, 0) is 0 Å². The van der Waals surface area contributed by atoms with Crippen LogP contribution in [0.1, 0.15) is 10.4 Å². The second kappa shape index (κ2) is 5.71. The Kier molecular flexibility index (Phi) is 3.96. The second-order valence-electron chi connectivity index (χ2n) is 5.37. The van der Waals surface area contributed by atoms with Gasteiger partial charge in [0.1, 0.15) is 0 Å². The lowest BCUT2D eigenvalue weighted by atomic mass is 10.1. The van der Waals surface area contributed by atoms with Crippen LogP contribution in [0.3, 0.4) is 0 Å². The lowest BCUT2D eigenvalue weighted by molar-refractivity contribution is 0.1000. The summed E-state index contributed by atoms with van der Waals surface area (Å²) in [4.78, 5) is 16.1. The highest BCUT2D eigenvalue weighted by Gasteiger charge is 2.28. The van der Waals surface area contributed by atoms with Crippen molar-refractivity contribution in [1.82, 2.24) is 10.2 Å². The number of amides is 1. The normalized spacial score (nSPS) is 20.8. The number of carbonyl (C=O) groups excluding carboxylic acids is 1. The van der Waals surface area contributed by atoms with Crippen LogP contribution in [0.15, 0.2) is 22.7 Å². The number of hydrogen-bond acceptors (Lipinski definition) is 4. The molecule has 2 saturated heterocycles. The molecular formula is C14H19BrN4O. The molecule has 0 radical (unpaired) electrons. The smallest absolute Gasteiger partial charge is 0.248 e. The Labute approximate surface area is 127 Å². The van der Waals surface area contributed by atoms with E-state index in [0.29, 0.717) is 5.56 Å². The van der Waals surface area contributed by atoms with Gasteiger partial charge in [-0.15, -0.1) is 0 Å². The van der Waals surface area contributed by atoms with Crippen molar-refractivity contribution in [2.45, 2.75) is 6.04 Å². The Hall–Kier alpha value is -1.11. The molecule has 0 spiro atoms. The maximum Gasteiger partial charge on any atom is 0.248 e. The lowest BCUT2D eigenvalue weighted by Gasteiger charge is -2.44. The van der Waals surface area contributed by atoms with Crippen molar-refractivity contribution in [3.63, 3.8) is 0 Å². The minimum absolute atomic E-state index is 0.389. The fourth-order valence-corrected chi connectivity index (χ4v) is 3.41. The Balaban J connectivity index is 1.66. The summed E-state index contributed by atoms with van der Waals surface area (Å²) in [5, 5.41) is 3.32. The number of nitrogens with zero attached hydrogens (tertiary/aromatic N) is 2. The first kappa shape index (κ1) is 13.9. The van der Waals surface area contributed by atoms with Crippen LogP contribution in [-0.4, -0.2) is 56.1 Å². The van der Waals surface area contributed by atoms with Crippen LogP contribution in [0, 0.1) is 0 Å². The Morgan fingerprint density at radius 3 is 2.45 bits per heavy atom. The van der Waals surface area contributed by atoms with E-state index in [1.54, 1.807) is 12.1 Å². The maximum atomic E-state index is 11.2. The van der Waals surface area contributed by atoms with Gasteiger partial charge in [-0.3, -0.25) is 9.69 Å². The first-order valence-corrected chi connectivity index (χ1v) is 7.73. The highest BCUT2D eigenvalue weighted by atomic mass is 79.9. The second-order valence-corrected chi connectivity index (χ2v) is 6.22. The largest absolute Gasteiger partial charge is 0.368 e. The molecule has 0 saturated carbocycles. The monoisotopic (exact) mass is 338 g/mol. The minimum atomic E-state index is -0.389. The van der Waals surface area contributed by atoms with Gasteiger partial charge in [-0.05, 0) is 34.1 Å². The molecule has 2 fully saturated rings. The van der Waals surface area contributed by atoms with E-state index in [1.807, 2.05) is 6.07 Å². The molecular weight excluding hydrogens is 320 g/mol. The number of rotatable bonds is 3. The van der Waals surface area contributed by atoms with E-state index in [-0.39, 0.29) is 5.91 Å². The van der Waals surface area contributed by atoms with Crippen LogP contribution in [0.25, 0.3) is 0 Å². The summed E-state index contributed by atoms with van der Waals surface area (Å²) < 4.78 is 0.938. The number of nitrogens with one attached hydrogen (secondary N) is 1. The van der Waals surface area contributed by atoms with E-state index in [2.05, 4.69) is 31.0 Å². The third-order valence-electron chi connectivity index (χ3n) is 4.16. The van der Waals surface area contributed by atoms with Crippen LogP contribution in [0.2, 0.25) is 0 Å². The SMILES string of the molecule is NC(=O)c1ccc(N2CCN(C3CNC3)CC2)c(Br)c1. The average Bonchev–Trinajstić information content (AvgIpc) is 2.37. The minimum Gasteiger partial charge on any atom is -0.368 e. The summed E-state index contributed by atoms with van der Waals surface area (Å²) in [5.41, 5.74) is 6.98. The van der Waals surface area contributed by atoms with Crippen molar-refractivity contribution in [2.24, 2.45) is 5.73 Å². The topological polar surface area (TPSA) is 61.6 Å². The number of nitrogens with two attached hydrogens (primary N) is 1.